The molecule has 2 aliphatic rings. The van der Waals surface area contributed by atoms with Crippen LogP contribution >= 0.6 is 0 Å². The van der Waals surface area contributed by atoms with Gasteiger partial charge in [0.05, 0.1) is 0 Å². The van der Waals surface area contributed by atoms with Gasteiger partial charge < -0.3 is 5.11 Å². The van der Waals surface area contributed by atoms with Gasteiger partial charge in [-0.2, -0.15) is 0 Å². The van der Waals surface area contributed by atoms with Crippen molar-refractivity contribution in [2.75, 3.05) is 6.61 Å². The molecule has 1 heteroatoms. The van der Waals surface area contributed by atoms with E-state index in [0.29, 0.717) is 23.4 Å². The van der Waals surface area contributed by atoms with E-state index >= 15 is 0 Å². The van der Waals surface area contributed by atoms with Crippen molar-refractivity contribution in [3.8, 4) is 0 Å². The Bertz CT molecular complexity index is 160. The van der Waals surface area contributed by atoms with Gasteiger partial charge in [-0.1, -0.05) is 13.8 Å². The van der Waals surface area contributed by atoms with Crippen molar-refractivity contribution in [3.63, 3.8) is 0 Å². The highest BCUT2D eigenvalue weighted by molar-refractivity contribution is 5.14. The highest BCUT2D eigenvalue weighted by Gasteiger charge is 2.65. The predicted octanol–water partition coefficient (Wildman–Crippen LogP) is 1.80. The fourth-order valence-electron chi connectivity index (χ4n) is 2.22. The quantitative estimate of drug-likeness (QED) is 0.620. The summed E-state index contributed by atoms with van der Waals surface area (Å²) < 4.78 is 0. The Morgan fingerprint density at radius 3 is 2.30 bits per heavy atom. The lowest BCUT2D eigenvalue weighted by atomic mass is 9.87. The molecule has 2 rings (SSSR count). The van der Waals surface area contributed by atoms with Crippen molar-refractivity contribution in [2.45, 2.75) is 33.1 Å². The molecule has 0 heterocycles. The molecule has 58 valence electrons. The minimum Gasteiger partial charge on any atom is -0.396 e. The molecule has 2 fully saturated rings. The van der Waals surface area contributed by atoms with E-state index in [1.165, 1.54) is 19.3 Å². The van der Waals surface area contributed by atoms with Crippen LogP contribution in [0.5, 0.6) is 0 Å². The second-order valence-electron chi connectivity index (χ2n) is 4.56. The summed E-state index contributed by atoms with van der Waals surface area (Å²) in [6.07, 6.45) is 4.04. The molecule has 0 amide bonds. The van der Waals surface area contributed by atoms with E-state index in [1.807, 2.05) is 0 Å². The first-order chi connectivity index (χ1) is 4.62. The summed E-state index contributed by atoms with van der Waals surface area (Å²) in [7, 11) is 0. The zero-order chi connectivity index (χ0) is 7.41. The van der Waals surface area contributed by atoms with E-state index in [0.717, 1.165) is 0 Å². The lowest BCUT2D eigenvalue weighted by molar-refractivity contribution is 0.218. The van der Waals surface area contributed by atoms with Crippen LogP contribution in [-0.4, -0.2) is 11.7 Å². The van der Waals surface area contributed by atoms with Crippen molar-refractivity contribution in [1.82, 2.24) is 0 Å². The maximum Gasteiger partial charge on any atom is 0.0464 e. The molecule has 0 radical (unpaired) electrons. The van der Waals surface area contributed by atoms with E-state index in [2.05, 4.69) is 13.8 Å². The maximum absolute atomic E-state index is 8.93. The molecular formula is C9H16O. The average molecular weight is 140 g/mol. The summed E-state index contributed by atoms with van der Waals surface area (Å²) in [5.41, 5.74) is 1.13. The van der Waals surface area contributed by atoms with E-state index in [4.69, 9.17) is 5.11 Å². The van der Waals surface area contributed by atoms with Crippen LogP contribution in [-0.2, 0) is 0 Å². The van der Waals surface area contributed by atoms with Crippen LogP contribution in [0.2, 0.25) is 0 Å². The maximum atomic E-state index is 8.93. The van der Waals surface area contributed by atoms with Crippen molar-refractivity contribution < 1.29 is 5.11 Å². The lowest BCUT2D eigenvalue weighted by Crippen LogP contribution is -2.13. The van der Waals surface area contributed by atoms with E-state index in [-0.39, 0.29) is 0 Å². The minimum atomic E-state index is 0.409. The largest absolute Gasteiger partial charge is 0.396 e. The Morgan fingerprint density at radius 1 is 1.40 bits per heavy atom. The Hall–Kier alpha value is -0.0400. The molecule has 10 heavy (non-hydrogen) atoms. The molecule has 1 nitrogen and oxygen atoms in total. The van der Waals surface area contributed by atoms with Gasteiger partial charge in [0.2, 0.25) is 0 Å². The van der Waals surface area contributed by atoms with Gasteiger partial charge in [-0.3, -0.25) is 0 Å². The minimum absolute atomic E-state index is 0.409. The third-order valence-corrected chi connectivity index (χ3v) is 4.01. The molecule has 0 unspecified atom stereocenters. The van der Waals surface area contributed by atoms with Gasteiger partial charge in [0.15, 0.2) is 0 Å². The van der Waals surface area contributed by atoms with Gasteiger partial charge in [0, 0.05) is 6.61 Å². The van der Waals surface area contributed by atoms with Crippen LogP contribution < -0.4 is 0 Å². The zero-order valence-corrected chi connectivity index (χ0v) is 6.85. The first-order valence-electron chi connectivity index (χ1n) is 4.23. The number of hydrogen-bond donors (Lipinski definition) is 1. The van der Waals surface area contributed by atoms with Crippen LogP contribution in [0.3, 0.4) is 0 Å². The predicted molar refractivity (Wildman–Crippen MR) is 40.6 cm³/mol. The Labute approximate surface area is 62.4 Å². The zero-order valence-electron chi connectivity index (χ0n) is 6.85. The van der Waals surface area contributed by atoms with Crippen LogP contribution in [0.1, 0.15) is 33.1 Å². The summed E-state index contributed by atoms with van der Waals surface area (Å²) in [6, 6.07) is 0. The molecule has 0 aromatic rings. The molecule has 0 aromatic carbocycles. The fraction of sp³-hybridized carbons (Fsp3) is 1.00. The average Bonchev–Trinajstić information content (AvgIpc) is 2.73. The van der Waals surface area contributed by atoms with Gasteiger partial charge in [0.1, 0.15) is 0 Å². The third kappa shape index (κ3) is 0.619. The van der Waals surface area contributed by atoms with Crippen molar-refractivity contribution in [2.24, 2.45) is 16.7 Å². The molecule has 2 aliphatic carbocycles. The van der Waals surface area contributed by atoms with E-state index < -0.39 is 0 Å². The third-order valence-electron chi connectivity index (χ3n) is 4.01. The molecule has 0 aliphatic heterocycles. The number of aliphatic hydroxyl groups is 1. The van der Waals surface area contributed by atoms with Gasteiger partial charge in [-0.25, -0.2) is 0 Å². The fourth-order valence-corrected chi connectivity index (χ4v) is 2.22. The Balaban J connectivity index is 2.06. The first-order valence-corrected chi connectivity index (χ1v) is 4.23. The second kappa shape index (κ2) is 1.58. The summed E-state index contributed by atoms with van der Waals surface area (Å²) in [5, 5.41) is 8.93. The SMILES string of the molecule is CC1([C@]2(C)C[C@H]2CO)CC1. The van der Waals surface area contributed by atoms with E-state index in [1.54, 1.807) is 0 Å². The van der Waals surface area contributed by atoms with Crippen LogP contribution in [0, 0.1) is 16.7 Å². The Morgan fingerprint density at radius 2 is 2.00 bits per heavy atom. The smallest absolute Gasteiger partial charge is 0.0464 e. The second-order valence-corrected chi connectivity index (χ2v) is 4.56. The van der Waals surface area contributed by atoms with Crippen LogP contribution in [0.4, 0.5) is 0 Å². The van der Waals surface area contributed by atoms with Crippen molar-refractivity contribution in [1.29, 1.82) is 0 Å². The standard InChI is InChI=1S/C9H16O/c1-8(3-4-8)9(2)5-7(9)6-10/h7,10H,3-6H2,1-2H3/t7-,9+/m0/s1. The molecule has 0 aromatic heterocycles. The molecule has 2 saturated carbocycles. The van der Waals surface area contributed by atoms with Gasteiger partial charge in [-0.05, 0) is 36.0 Å². The van der Waals surface area contributed by atoms with Crippen molar-refractivity contribution >= 4 is 0 Å². The van der Waals surface area contributed by atoms with Crippen LogP contribution in [0.25, 0.3) is 0 Å². The topological polar surface area (TPSA) is 20.2 Å². The lowest BCUT2D eigenvalue weighted by Gasteiger charge is -2.18. The number of hydrogen-bond acceptors (Lipinski definition) is 1. The number of aliphatic hydroxyl groups excluding tert-OH is 1. The Kier molecular flexibility index (Phi) is 1.05. The highest BCUT2D eigenvalue weighted by Crippen LogP contribution is 2.72. The van der Waals surface area contributed by atoms with Gasteiger partial charge in [0.25, 0.3) is 0 Å². The monoisotopic (exact) mass is 140 g/mol. The van der Waals surface area contributed by atoms with E-state index in [9.17, 15) is 0 Å². The van der Waals surface area contributed by atoms with Gasteiger partial charge in [-0.15, -0.1) is 0 Å². The molecule has 0 bridgehead atoms. The summed E-state index contributed by atoms with van der Waals surface area (Å²) in [6.45, 7) is 5.11. The van der Waals surface area contributed by atoms with Crippen molar-refractivity contribution in [3.05, 3.63) is 0 Å². The molecular weight excluding hydrogens is 124 g/mol. The summed E-state index contributed by atoms with van der Waals surface area (Å²) in [5.74, 6) is 0.625. The van der Waals surface area contributed by atoms with Gasteiger partial charge >= 0.3 is 0 Å². The molecule has 1 N–H and O–H groups in total. The first kappa shape index (κ1) is 6.66. The normalized spacial score (nSPS) is 48.9. The molecule has 0 saturated heterocycles. The molecule has 2 atom stereocenters. The number of rotatable bonds is 2. The van der Waals surface area contributed by atoms with Crippen LogP contribution in [0.15, 0.2) is 0 Å². The summed E-state index contributed by atoms with van der Waals surface area (Å²) >= 11 is 0. The summed E-state index contributed by atoms with van der Waals surface area (Å²) in [4.78, 5) is 0. The highest BCUT2D eigenvalue weighted by atomic mass is 16.3. The molecule has 0 spiro atoms.